The minimum atomic E-state index is 0.716. The van der Waals surface area contributed by atoms with E-state index >= 15 is 0 Å². The van der Waals surface area contributed by atoms with Crippen LogP contribution in [0.15, 0.2) is 51.8 Å². The SMILES string of the molecule is CCCC1CCC(c2ccc(SCc3ccc(OCC)cc3)c(Br)c2)CC1. The Labute approximate surface area is 177 Å². The average molecular weight is 447 g/mol. The van der Waals surface area contributed by atoms with Gasteiger partial charge in [0.1, 0.15) is 5.75 Å². The van der Waals surface area contributed by atoms with Crippen molar-refractivity contribution in [2.75, 3.05) is 6.61 Å². The van der Waals surface area contributed by atoms with Crippen molar-refractivity contribution in [3.05, 3.63) is 58.1 Å². The number of rotatable bonds is 8. The average Bonchev–Trinajstić information content (AvgIpc) is 2.69. The van der Waals surface area contributed by atoms with Gasteiger partial charge in [-0.05, 0) is 95.8 Å². The minimum absolute atomic E-state index is 0.716. The molecule has 2 aromatic rings. The first-order chi connectivity index (χ1) is 13.2. The molecule has 0 bridgehead atoms. The Morgan fingerprint density at radius 1 is 1.00 bits per heavy atom. The van der Waals surface area contributed by atoms with E-state index in [1.54, 1.807) is 0 Å². The molecule has 0 saturated heterocycles. The highest BCUT2D eigenvalue weighted by Gasteiger charge is 2.22. The molecule has 146 valence electrons. The second-order valence-corrected chi connectivity index (χ2v) is 9.43. The Kier molecular flexibility index (Phi) is 8.14. The number of benzene rings is 2. The van der Waals surface area contributed by atoms with Gasteiger partial charge in [-0.25, -0.2) is 0 Å². The Balaban J connectivity index is 1.55. The molecule has 0 aliphatic heterocycles. The summed E-state index contributed by atoms with van der Waals surface area (Å²) in [7, 11) is 0. The van der Waals surface area contributed by atoms with Gasteiger partial charge in [-0.3, -0.25) is 0 Å². The van der Waals surface area contributed by atoms with Crippen LogP contribution in [0, 0.1) is 5.92 Å². The van der Waals surface area contributed by atoms with Crippen LogP contribution in [0.1, 0.15) is 69.4 Å². The Bertz CT molecular complexity index is 705. The molecule has 0 heterocycles. The molecule has 0 radical (unpaired) electrons. The molecule has 0 amide bonds. The number of ether oxygens (including phenoxy) is 1. The van der Waals surface area contributed by atoms with Crippen LogP contribution < -0.4 is 4.74 Å². The van der Waals surface area contributed by atoms with Crippen molar-refractivity contribution < 1.29 is 4.74 Å². The van der Waals surface area contributed by atoms with E-state index in [-0.39, 0.29) is 0 Å². The van der Waals surface area contributed by atoms with E-state index in [1.165, 1.54) is 59.0 Å². The van der Waals surface area contributed by atoms with Gasteiger partial charge in [0.15, 0.2) is 0 Å². The van der Waals surface area contributed by atoms with Crippen LogP contribution in [0.25, 0.3) is 0 Å². The summed E-state index contributed by atoms with van der Waals surface area (Å²) in [6.07, 6.45) is 8.28. The number of hydrogen-bond acceptors (Lipinski definition) is 2. The Morgan fingerprint density at radius 3 is 2.37 bits per heavy atom. The van der Waals surface area contributed by atoms with E-state index < -0.39 is 0 Å². The lowest BCUT2D eigenvalue weighted by molar-refractivity contribution is 0.308. The molecule has 0 spiro atoms. The fraction of sp³-hybridized carbons (Fsp3) is 0.500. The first-order valence-corrected chi connectivity index (χ1v) is 12.1. The van der Waals surface area contributed by atoms with Gasteiger partial charge in [-0.2, -0.15) is 0 Å². The maximum absolute atomic E-state index is 5.52. The van der Waals surface area contributed by atoms with Crippen LogP contribution in [0.3, 0.4) is 0 Å². The molecular weight excluding hydrogens is 416 g/mol. The molecule has 27 heavy (non-hydrogen) atoms. The van der Waals surface area contributed by atoms with E-state index in [4.69, 9.17) is 4.74 Å². The Hall–Kier alpha value is -0.930. The number of thioether (sulfide) groups is 1. The third-order valence-corrected chi connectivity index (χ3v) is 7.66. The lowest BCUT2D eigenvalue weighted by atomic mass is 9.77. The third kappa shape index (κ3) is 6.02. The topological polar surface area (TPSA) is 9.23 Å². The van der Waals surface area contributed by atoms with Crippen molar-refractivity contribution in [2.45, 2.75) is 68.9 Å². The second-order valence-electron chi connectivity index (χ2n) is 7.56. The molecule has 0 aromatic heterocycles. The smallest absolute Gasteiger partial charge is 0.119 e. The van der Waals surface area contributed by atoms with Crippen molar-refractivity contribution in [1.29, 1.82) is 0 Å². The zero-order valence-electron chi connectivity index (χ0n) is 16.5. The first-order valence-electron chi connectivity index (χ1n) is 10.3. The van der Waals surface area contributed by atoms with Gasteiger partial charge in [-0.1, -0.05) is 38.0 Å². The fourth-order valence-electron chi connectivity index (χ4n) is 4.09. The monoisotopic (exact) mass is 446 g/mol. The molecule has 1 nitrogen and oxygen atoms in total. The predicted molar refractivity (Wildman–Crippen MR) is 121 cm³/mol. The van der Waals surface area contributed by atoms with Crippen molar-refractivity contribution >= 4 is 27.7 Å². The normalized spacial score (nSPS) is 19.8. The summed E-state index contributed by atoms with van der Waals surface area (Å²) in [4.78, 5) is 1.33. The van der Waals surface area contributed by atoms with Gasteiger partial charge in [0.25, 0.3) is 0 Å². The van der Waals surface area contributed by atoms with E-state index in [9.17, 15) is 0 Å². The standard InChI is InChI=1S/C24H31BrOS/c1-3-5-18-6-10-20(11-7-18)21-12-15-24(23(25)16-21)27-17-19-8-13-22(14-9-19)26-4-2/h8-9,12-16,18,20H,3-7,10-11,17H2,1-2H3. The summed E-state index contributed by atoms with van der Waals surface area (Å²) in [5.41, 5.74) is 2.84. The molecule has 1 fully saturated rings. The molecule has 3 rings (SSSR count). The molecule has 1 aliphatic carbocycles. The summed E-state index contributed by atoms with van der Waals surface area (Å²) in [6.45, 7) is 5.04. The van der Waals surface area contributed by atoms with Crippen LogP contribution >= 0.6 is 27.7 Å². The first kappa shape index (κ1) is 20.8. The maximum atomic E-state index is 5.52. The van der Waals surface area contributed by atoms with Crippen LogP contribution in [0.5, 0.6) is 5.75 Å². The highest BCUT2D eigenvalue weighted by molar-refractivity contribution is 9.10. The summed E-state index contributed by atoms with van der Waals surface area (Å²) in [6, 6.07) is 15.5. The van der Waals surface area contributed by atoms with Crippen molar-refractivity contribution in [2.24, 2.45) is 5.92 Å². The summed E-state index contributed by atoms with van der Waals surface area (Å²) in [5, 5.41) is 0. The molecule has 0 atom stereocenters. The highest BCUT2D eigenvalue weighted by atomic mass is 79.9. The second kappa shape index (κ2) is 10.6. The van der Waals surface area contributed by atoms with Gasteiger partial charge >= 0.3 is 0 Å². The molecule has 0 unspecified atom stereocenters. The Morgan fingerprint density at radius 2 is 1.74 bits per heavy atom. The van der Waals surface area contributed by atoms with E-state index in [2.05, 4.69) is 65.3 Å². The van der Waals surface area contributed by atoms with Gasteiger partial charge in [0.05, 0.1) is 6.61 Å². The van der Waals surface area contributed by atoms with Crippen molar-refractivity contribution in [3.8, 4) is 5.75 Å². The number of halogens is 1. The summed E-state index contributed by atoms with van der Waals surface area (Å²) in [5.74, 6) is 3.65. The lowest BCUT2D eigenvalue weighted by Crippen LogP contribution is -2.13. The van der Waals surface area contributed by atoms with Gasteiger partial charge < -0.3 is 4.74 Å². The summed E-state index contributed by atoms with van der Waals surface area (Å²) < 4.78 is 6.76. The fourth-order valence-corrected chi connectivity index (χ4v) is 5.71. The van der Waals surface area contributed by atoms with Crippen LogP contribution in [-0.4, -0.2) is 6.61 Å². The van der Waals surface area contributed by atoms with E-state index in [1.807, 2.05) is 18.7 Å². The zero-order chi connectivity index (χ0) is 19.1. The van der Waals surface area contributed by atoms with Crippen LogP contribution in [-0.2, 0) is 5.75 Å². The van der Waals surface area contributed by atoms with E-state index in [0.717, 1.165) is 23.3 Å². The quantitative estimate of drug-likeness (QED) is 0.377. The third-order valence-electron chi connectivity index (χ3n) is 5.60. The minimum Gasteiger partial charge on any atom is -0.494 e. The van der Waals surface area contributed by atoms with Gasteiger partial charge in [0, 0.05) is 15.1 Å². The highest BCUT2D eigenvalue weighted by Crippen LogP contribution is 2.40. The van der Waals surface area contributed by atoms with Crippen LogP contribution in [0.2, 0.25) is 0 Å². The van der Waals surface area contributed by atoms with Crippen LogP contribution in [0.4, 0.5) is 0 Å². The largest absolute Gasteiger partial charge is 0.494 e. The lowest BCUT2D eigenvalue weighted by Gasteiger charge is -2.29. The van der Waals surface area contributed by atoms with Crippen molar-refractivity contribution in [3.63, 3.8) is 0 Å². The predicted octanol–water partition coefficient (Wildman–Crippen LogP) is 8.21. The molecule has 1 saturated carbocycles. The molecular formula is C24H31BrOS. The van der Waals surface area contributed by atoms with Crippen molar-refractivity contribution in [1.82, 2.24) is 0 Å². The molecule has 0 N–H and O–H groups in total. The van der Waals surface area contributed by atoms with Gasteiger partial charge in [-0.15, -0.1) is 11.8 Å². The molecule has 2 aromatic carbocycles. The maximum Gasteiger partial charge on any atom is 0.119 e. The van der Waals surface area contributed by atoms with E-state index in [0.29, 0.717) is 6.61 Å². The zero-order valence-corrected chi connectivity index (χ0v) is 18.9. The molecule has 1 aliphatic rings. The summed E-state index contributed by atoms with van der Waals surface area (Å²) >= 11 is 5.71. The number of hydrogen-bond donors (Lipinski definition) is 0. The molecule has 3 heteroatoms. The van der Waals surface area contributed by atoms with Gasteiger partial charge in [0.2, 0.25) is 0 Å².